The Balaban J connectivity index is 2.05. The molecule has 43 heavy (non-hydrogen) atoms. The standard InChI is InChI=1S/C34H42N4O5/c1-6-8-20-38(32(41)28(18-19-29(35)39)37-33(42)43-34(3,4)5)30(26-15-11-12-23(7-2)21-26)31(40)36-27-17-16-24-13-9-10-14-25(24)22-27/h7,9-17,21-22,28,30H,2,6,8,18-20H2,1,3-5H3,(H2,35,39)(H,36,40)(H,37,42). The highest BCUT2D eigenvalue weighted by molar-refractivity contribution is 6.00. The summed E-state index contributed by atoms with van der Waals surface area (Å²) in [5.74, 6) is -1.57. The van der Waals surface area contributed by atoms with Crippen molar-refractivity contribution in [2.24, 2.45) is 5.73 Å². The van der Waals surface area contributed by atoms with E-state index in [4.69, 9.17) is 10.5 Å². The first-order valence-corrected chi connectivity index (χ1v) is 14.5. The molecule has 4 N–H and O–H groups in total. The summed E-state index contributed by atoms with van der Waals surface area (Å²) >= 11 is 0. The smallest absolute Gasteiger partial charge is 0.408 e. The summed E-state index contributed by atoms with van der Waals surface area (Å²) in [7, 11) is 0. The fourth-order valence-corrected chi connectivity index (χ4v) is 4.70. The van der Waals surface area contributed by atoms with E-state index in [1.807, 2.05) is 61.5 Å². The molecule has 0 saturated carbocycles. The van der Waals surface area contributed by atoms with Crippen molar-refractivity contribution in [3.8, 4) is 0 Å². The summed E-state index contributed by atoms with van der Waals surface area (Å²) in [6.07, 6.45) is 2.01. The number of alkyl carbamates (subject to hydrolysis) is 1. The van der Waals surface area contributed by atoms with Gasteiger partial charge in [0.25, 0.3) is 5.91 Å². The van der Waals surface area contributed by atoms with E-state index in [2.05, 4.69) is 17.2 Å². The molecule has 0 aliphatic heterocycles. The number of nitrogens with two attached hydrogens (primary N) is 1. The fraction of sp³-hybridized carbons (Fsp3) is 0.353. The average Bonchev–Trinajstić information content (AvgIpc) is 2.95. The summed E-state index contributed by atoms with van der Waals surface area (Å²) in [4.78, 5) is 54.3. The summed E-state index contributed by atoms with van der Waals surface area (Å²) in [6, 6.07) is 18.5. The van der Waals surface area contributed by atoms with Crippen molar-refractivity contribution in [2.45, 2.75) is 71.1 Å². The van der Waals surface area contributed by atoms with Gasteiger partial charge in [0, 0.05) is 18.7 Å². The monoisotopic (exact) mass is 586 g/mol. The maximum absolute atomic E-state index is 14.3. The number of amides is 4. The lowest BCUT2D eigenvalue weighted by Crippen LogP contribution is -2.52. The van der Waals surface area contributed by atoms with E-state index >= 15 is 0 Å². The Labute approximate surface area is 253 Å². The number of ether oxygens (including phenoxy) is 1. The molecular formula is C34H42N4O5. The predicted molar refractivity (Wildman–Crippen MR) is 170 cm³/mol. The van der Waals surface area contributed by atoms with Crippen LogP contribution < -0.4 is 16.4 Å². The van der Waals surface area contributed by atoms with Gasteiger partial charge in [-0.2, -0.15) is 0 Å². The molecule has 0 heterocycles. The molecular weight excluding hydrogens is 544 g/mol. The second kappa shape index (κ2) is 15.0. The van der Waals surface area contributed by atoms with Gasteiger partial charge >= 0.3 is 6.09 Å². The normalized spacial score (nSPS) is 12.6. The number of hydrogen-bond donors (Lipinski definition) is 3. The molecule has 2 unspecified atom stereocenters. The highest BCUT2D eigenvalue weighted by Gasteiger charge is 2.36. The molecule has 0 aliphatic carbocycles. The molecule has 3 aromatic carbocycles. The van der Waals surface area contributed by atoms with Crippen LogP contribution in [0.5, 0.6) is 0 Å². The number of rotatable bonds is 13. The van der Waals surface area contributed by atoms with Gasteiger partial charge in [-0.25, -0.2) is 4.79 Å². The number of unbranched alkanes of at least 4 members (excludes halogenated alkanes) is 1. The average molecular weight is 587 g/mol. The Bertz CT molecular complexity index is 1460. The summed E-state index contributed by atoms with van der Waals surface area (Å²) in [5.41, 5.74) is 6.53. The van der Waals surface area contributed by atoms with Gasteiger partial charge in [-0.3, -0.25) is 14.4 Å². The summed E-state index contributed by atoms with van der Waals surface area (Å²) in [6.45, 7) is 11.2. The van der Waals surface area contributed by atoms with Gasteiger partial charge in [0.15, 0.2) is 0 Å². The van der Waals surface area contributed by atoms with Gasteiger partial charge in [0.05, 0.1) is 0 Å². The van der Waals surface area contributed by atoms with Crippen molar-refractivity contribution < 1.29 is 23.9 Å². The first-order chi connectivity index (χ1) is 20.4. The minimum absolute atomic E-state index is 0.0538. The number of carbonyl (C=O) groups is 4. The Morgan fingerprint density at radius 3 is 2.37 bits per heavy atom. The van der Waals surface area contributed by atoms with Gasteiger partial charge in [-0.05, 0) is 73.7 Å². The number of primary amides is 1. The maximum atomic E-state index is 14.3. The highest BCUT2D eigenvalue weighted by atomic mass is 16.6. The molecule has 0 radical (unpaired) electrons. The second-order valence-electron chi connectivity index (χ2n) is 11.4. The third kappa shape index (κ3) is 9.70. The number of nitrogens with zero attached hydrogens (tertiary/aromatic N) is 1. The van der Waals surface area contributed by atoms with Gasteiger partial charge in [-0.15, -0.1) is 0 Å². The van der Waals surface area contributed by atoms with Crippen molar-refractivity contribution in [1.29, 1.82) is 0 Å². The molecule has 2 atom stereocenters. The van der Waals surface area contributed by atoms with Crippen LogP contribution in [0.1, 0.15) is 70.5 Å². The maximum Gasteiger partial charge on any atom is 0.408 e. The molecule has 0 saturated heterocycles. The van der Waals surface area contributed by atoms with Crippen molar-refractivity contribution in [3.05, 3.63) is 84.4 Å². The first-order valence-electron chi connectivity index (χ1n) is 14.5. The first kappa shape index (κ1) is 32.8. The van der Waals surface area contributed by atoms with Crippen LogP contribution in [0.2, 0.25) is 0 Å². The molecule has 9 nitrogen and oxygen atoms in total. The number of hydrogen-bond acceptors (Lipinski definition) is 5. The van der Waals surface area contributed by atoms with Crippen molar-refractivity contribution in [3.63, 3.8) is 0 Å². The molecule has 228 valence electrons. The number of carbonyl (C=O) groups excluding carboxylic acids is 4. The van der Waals surface area contributed by atoms with E-state index < -0.39 is 41.5 Å². The van der Waals surface area contributed by atoms with Crippen LogP contribution in [0.15, 0.2) is 73.3 Å². The zero-order chi connectivity index (χ0) is 31.6. The highest BCUT2D eigenvalue weighted by Crippen LogP contribution is 2.28. The molecule has 0 aromatic heterocycles. The predicted octanol–water partition coefficient (Wildman–Crippen LogP) is 5.95. The molecule has 0 fully saturated rings. The van der Waals surface area contributed by atoms with E-state index in [-0.39, 0.29) is 19.4 Å². The van der Waals surface area contributed by atoms with Gasteiger partial charge in [-0.1, -0.05) is 74.5 Å². The Hall–Kier alpha value is -4.66. The third-order valence-electron chi connectivity index (χ3n) is 6.74. The molecule has 9 heteroatoms. The zero-order valence-electron chi connectivity index (χ0n) is 25.4. The number of anilines is 1. The van der Waals surface area contributed by atoms with Crippen LogP contribution in [0.4, 0.5) is 10.5 Å². The molecule has 0 spiro atoms. The topological polar surface area (TPSA) is 131 Å². The minimum atomic E-state index is -1.15. The molecule has 4 amide bonds. The molecule has 3 rings (SSSR count). The Morgan fingerprint density at radius 2 is 1.72 bits per heavy atom. The SMILES string of the molecule is C=Cc1cccc(C(C(=O)Nc2ccc3ccccc3c2)N(CCCC)C(=O)C(CCC(N)=O)NC(=O)OC(C)(C)C)c1. The Kier molecular flexibility index (Phi) is 11.5. The van der Waals surface area contributed by atoms with Gasteiger partial charge in [0.1, 0.15) is 17.7 Å². The molecule has 0 bridgehead atoms. The lowest BCUT2D eigenvalue weighted by Gasteiger charge is -2.34. The Morgan fingerprint density at radius 1 is 1.00 bits per heavy atom. The van der Waals surface area contributed by atoms with E-state index in [0.717, 1.165) is 22.8 Å². The number of nitrogens with one attached hydrogen (secondary N) is 2. The summed E-state index contributed by atoms with van der Waals surface area (Å²) < 4.78 is 5.40. The fourth-order valence-electron chi connectivity index (χ4n) is 4.70. The van der Waals surface area contributed by atoms with Crippen molar-refractivity contribution in [1.82, 2.24) is 10.2 Å². The zero-order valence-corrected chi connectivity index (χ0v) is 25.4. The van der Waals surface area contributed by atoms with Crippen LogP contribution in [0.3, 0.4) is 0 Å². The van der Waals surface area contributed by atoms with Crippen LogP contribution in [0, 0.1) is 0 Å². The van der Waals surface area contributed by atoms with Crippen molar-refractivity contribution >= 4 is 46.4 Å². The number of benzene rings is 3. The second-order valence-corrected chi connectivity index (χ2v) is 11.4. The van der Waals surface area contributed by atoms with Crippen molar-refractivity contribution in [2.75, 3.05) is 11.9 Å². The van der Waals surface area contributed by atoms with E-state index in [1.165, 1.54) is 4.90 Å². The van der Waals surface area contributed by atoms with E-state index in [1.54, 1.807) is 39.0 Å². The van der Waals surface area contributed by atoms with Crippen LogP contribution in [0.25, 0.3) is 16.8 Å². The van der Waals surface area contributed by atoms with E-state index in [9.17, 15) is 19.2 Å². The number of fused-ring (bicyclic) bond motifs is 1. The van der Waals surface area contributed by atoms with Gasteiger partial charge < -0.3 is 26.0 Å². The lowest BCUT2D eigenvalue weighted by molar-refractivity contribution is -0.141. The van der Waals surface area contributed by atoms with Gasteiger partial charge in [0.2, 0.25) is 11.8 Å². The molecule has 3 aromatic rings. The quantitative estimate of drug-likeness (QED) is 0.228. The largest absolute Gasteiger partial charge is 0.444 e. The van der Waals surface area contributed by atoms with E-state index in [0.29, 0.717) is 17.7 Å². The van der Waals surface area contributed by atoms with Crippen LogP contribution in [-0.2, 0) is 19.1 Å². The minimum Gasteiger partial charge on any atom is -0.444 e. The summed E-state index contributed by atoms with van der Waals surface area (Å²) in [5, 5.41) is 7.60. The van der Waals surface area contributed by atoms with Crippen LogP contribution in [-0.4, -0.2) is 46.9 Å². The third-order valence-corrected chi connectivity index (χ3v) is 6.74. The molecule has 0 aliphatic rings. The lowest BCUT2D eigenvalue weighted by atomic mass is 9.99. The van der Waals surface area contributed by atoms with Crippen LogP contribution >= 0.6 is 0 Å².